The molecule has 1 fully saturated rings. The second-order valence-electron chi connectivity index (χ2n) is 6.29. The van der Waals surface area contributed by atoms with Crippen LogP contribution >= 0.6 is 0 Å². The molecule has 1 N–H and O–H groups in total. The number of rotatable bonds is 3. The molecule has 2 aliphatic heterocycles. The van der Waals surface area contributed by atoms with E-state index in [1.807, 2.05) is 0 Å². The number of nitrogens with zero attached hydrogens (tertiary/aromatic N) is 1. The Morgan fingerprint density at radius 2 is 2.20 bits per heavy atom. The van der Waals surface area contributed by atoms with Crippen molar-refractivity contribution in [2.75, 3.05) is 25.0 Å². The molecule has 0 aliphatic carbocycles. The molecule has 20 heavy (non-hydrogen) atoms. The molecule has 0 aromatic heterocycles. The summed E-state index contributed by atoms with van der Waals surface area (Å²) < 4.78 is 6.33. The average Bonchev–Trinajstić information content (AvgIpc) is 2.48. The summed E-state index contributed by atoms with van der Waals surface area (Å²) in [5, 5.41) is 3.52. The molecule has 3 heteroatoms. The number of ether oxygens (including phenoxy) is 1. The molecule has 110 valence electrons. The number of hydrogen-bond donors (Lipinski definition) is 1. The van der Waals surface area contributed by atoms with Crippen LogP contribution in [0.4, 0.5) is 5.69 Å². The third kappa shape index (κ3) is 2.93. The topological polar surface area (TPSA) is 24.5 Å². The van der Waals surface area contributed by atoms with Crippen LogP contribution in [0.25, 0.3) is 0 Å². The second-order valence-corrected chi connectivity index (χ2v) is 6.29. The van der Waals surface area contributed by atoms with Gasteiger partial charge >= 0.3 is 0 Å². The van der Waals surface area contributed by atoms with Crippen LogP contribution in [-0.4, -0.2) is 36.7 Å². The number of anilines is 1. The molecule has 1 saturated heterocycles. The summed E-state index contributed by atoms with van der Waals surface area (Å²) in [5.41, 5.74) is 2.64. The molecule has 2 heterocycles. The summed E-state index contributed by atoms with van der Waals surface area (Å²) in [6.45, 7) is 7.88. The van der Waals surface area contributed by atoms with E-state index in [1.165, 1.54) is 43.5 Å². The van der Waals surface area contributed by atoms with Crippen molar-refractivity contribution in [3.8, 4) is 5.75 Å². The Morgan fingerprint density at radius 1 is 1.30 bits per heavy atom. The zero-order valence-corrected chi connectivity index (χ0v) is 12.7. The molecule has 2 aliphatic rings. The fourth-order valence-electron chi connectivity index (χ4n) is 3.29. The van der Waals surface area contributed by atoms with E-state index < -0.39 is 0 Å². The van der Waals surface area contributed by atoms with Crippen molar-refractivity contribution in [1.82, 2.24) is 4.90 Å². The van der Waals surface area contributed by atoms with Crippen LogP contribution in [0.3, 0.4) is 0 Å². The van der Waals surface area contributed by atoms with Gasteiger partial charge in [0.2, 0.25) is 0 Å². The van der Waals surface area contributed by atoms with Gasteiger partial charge in [0.25, 0.3) is 0 Å². The number of hydrogen-bond acceptors (Lipinski definition) is 3. The van der Waals surface area contributed by atoms with Crippen molar-refractivity contribution in [2.45, 2.75) is 51.7 Å². The smallest absolute Gasteiger partial charge is 0.143 e. The molecule has 1 aromatic rings. The van der Waals surface area contributed by atoms with Crippen molar-refractivity contribution in [2.24, 2.45) is 0 Å². The summed E-state index contributed by atoms with van der Waals surface area (Å²) in [4.78, 5) is 2.52. The van der Waals surface area contributed by atoms with Crippen molar-refractivity contribution in [1.29, 1.82) is 0 Å². The van der Waals surface area contributed by atoms with E-state index in [0.29, 0.717) is 12.1 Å². The molecule has 1 aromatic carbocycles. The molecule has 0 amide bonds. The van der Waals surface area contributed by atoms with Gasteiger partial charge in [-0.2, -0.15) is 0 Å². The maximum absolute atomic E-state index is 6.33. The lowest BCUT2D eigenvalue weighted by molar-refractivity contribution is 0.0710. The summed E-state index contributed by atoms with van der Waals surface area (Å²) in [6.07, 6.45) is 5.14. The summed E-state index contributed by atoms with van der Waals surface area (Å²) in [5.74, 6) is 1.05. The highest BCUT2D eigenvalue weighted by Crippen LogP contribution is 2.33. The Bertz CT molecular complexity index is 458. The zero-order chi connectivity index (χ0) is 13.9. The van der Waals surface area contributed by atoms with Gasteiger partial charge in [0.05, 0.1) is 5.69 Å². The monoisotopic (exact) mass is 274 g/mol. The first kappa shape index (κ1) is 13.7. The molecule has 0 spiro atoms. The van der Waals surface area contributed by atoms with E-state index in [1.54, 1.807) is 0 Å². The fraction of sp³-hybridized carbons (Fsp3) is 0.647. The van der Waals surface area contributed by atoms with E-state index in [4.69, 9.17) is 4.74 Å². The summed E-state index contributed by atoms with van der Waals surface area (Å²) >= 11 is 0. The van der Waals surface area contributed by atoms with E-state index in [2.05, 4.69) is 42.3 Å². The van der Waals surface area contributed by atoms with Gasteiger partial charge < -0.3 is 10.1 Å². The van der Waals surface area contributed by atoms with Crippen LogP contribution in [-0.2, 0) is 6.42 Å². The Morgan fingerprint density at radius 3 is 3.05 bits per heavy atom. The summed E-state index contributed by atoms with van der Waals surface area (Å²) in [6, 6.07) is 7.08. The van der Waals surface area contributed by atoms with Gasteiger partial charge in [0, 0.05) is 19.1 Å². The van der Waals surface area contributed by atoms with Gasteiger partial charge in [0.1, 0.15) is 11.9 Å². The zero-order valence-electron chi connectivity index (χ0n) is 12.7. The number of piperidine rings is 1. The van der Waals surface area contributed by atoms with E-state index in [9.17, 15) is 0 Å². The Hall–Kier alpha value is -1.22. The lowest BCUT2D eigenvalue weighted by Gasteiger charge is -2.36. The Labute approximate surface area is 122 Å². The van der Waals surface area contributed by atoms with Gasteiger partial charge in [0.15, 0.2) is 0 Å². The number of aryl methyl sites for hydroxylation is 1. The molecule has 0 saturated carbocycles. The van der Waals surface area contributed by atoms with Gasteiger partial charge in [-0.05, 0) is 57.7 Å². The van der Waals surface area contributed by atoms with Crippen LogP contribution in [0.5, 0.6) is 5.75 Å². The summed E-state index contributed by atoms with van der Waals surface area (Å²) in [7, 11) is 0. The second kappa shape index (κ2) is 6.04. The highest BCUT2D eigenvalue weighted by atomic mass is 16.5. The SMILES string of the molecule is CC(C)N1CCCC(Oc2cccc3c2NCCC3)C1. The molecule has 3 rings (SSSR count). The minimum atomic E-state index is 0.335. The third-order valence-corrected chi connectivity index (χ3v) is 4.47. The van der Waals surface area contributed by atoms with Gasteiger partial charge in [-0.1, -0.05) is 12.1 Å². The third-order valence-electron chi connectivity index (χ3n) is 4.47. The van der Waals surface area contributed by atoms with Crippen LogP contribution in [0.1, 0.15) is 38.7 Å². The van der Waals surface area contributed by atoms with Crippen LogP contribution < -0.4 is 10.1 Å². The number of fused-ring (bicyclic) bond motifs is 1. The van der Waals surface area contributed by atoms with Crippen molar-refractivity contribution < 1.29 is 4.74 Å². The van der Waals surface area contributed by atoms with Crippen LogP contribution in [0.15, 0.2) is 18.2 Å². The number of benzene rings is 1. The normalized spacial score (nSPS) is 23.2. The quantitative estimate of drug-likeness (QED) is 0.915. The maximum Gasteiger partial charge on any atom is 0.143 e. The minimum absolute atomic E-state index is 0.335. The highest BCUT2D eigenvalue weighted by molar-refractivity contribution is 5.63. The lowest BCUT2D eigenvalue weighted by Crippen LogP contribution is -2.44. The minimum Gasteiger partial charge on any atom is -0.487 e. The highest BCUT2D eigenvalue weighted by Gasteiger charge is 2.24. The van der Waals surface area contributed by atoms with Crippen molar-refractivity contribution >= 4 is 5.69 Å². The molecule has 0 radical (unpaired) electrons. The Balaban J connectivity index is 1.71. The largest absolute Gasteiger partial charge is 0.487 e. The van der Waals surface area contributed by atoms with E-state index in [-0.39, 0.29) is 0 Å². The van der Waals surface area contributed by atoms with Crippen molar-refractivity contribution in [3.05, 3.63) is 23.8 Å². The molecular formula is C17H26N2O. The fourth-order valence-corrected chi connectivity index (χ4v) is 3.29. The molecule has 1 atom stereocenters. The first-order valence-corrected chi connectivity index (χ1v) is 8.00. The van der Waals surface area contributed by atoms with Gasteiger partial charge in [-0.3, -0.25) is 4.90 Å². The first-order valence-electron chi connectivity index (χ1n) is 8.00. The van der Waals surface area contributed by atoms with E-state index >= 15 is 0 Å². The average molecular weight is 274 g/mol. The first-order chi connectivity index (χ1) is 9.74. The molecule has 0 bridgehead atoms. The Kier molecular flexibility index (Phi) is 4.16. The molecule has 3 nitrogen and oxygen atoms in total. The molecule has 1 unspecified atom stereocenters. The van der Waals surface area contributed by atoms with Crippen LogP contribution in [0, 0.1) is 0 Å². The maximum atomic E-state index is 6.33. The number of nitrogens with one attached hydrogen (secondary N) is 1. The van der Waals surface area contributed by atoms with Gasteiger partial charge in [-0.15, -0.1) is 0 Å². The van der Waals surface area contributed by atoms with E-state index in [0.717, 1.165) is 18.8 Å². The van der Waals surface area contributed by atoms with Crippen LogP contribution in [0.2, 0.25) is 0 Å². The van der Waals surface area contributed by atoms with Gasteiger partial charge in [-0.25, -0.2) is 0 Å². The predicted octanol–water partition coefficient (Wildman–Crippen LogP) is 3.30. The number of likely N-dealkylation sites (tertiary alicyclic amines) is 1. The lowest BCUT2D eigenvalue weighted by atomic mass is 10.0. The standard InChI is InChI=1S/C17H26N2O/c1-13(2)19-11-5-8-15(12-19)20-16-9-3-6-14-7-4-10-18-17(14)16/h3,6,9,13,15,18H,4-5,7-8,10-12H2,1-2H3. The van der Waals surface area contributed by atoms with Crippen molar-refractivity contribution in [3.63, 3.8) is 0 Å². The molecular weight excluding hydrogens is 248 g/mol. The predicted molar refractivity (Wildman–Crippen MR) is 83.6 cm³/mol. The number of para-hydroxylation sites is 1.